The van der Waals surface area contributed by atoms with Gasteiger partial charge in [-0.05, 0) is 38.1 Å². The molecule has 1 aromatic carbocycles. The van der Waals surface area contributed by atoms with E-state index in [2.05, 4.69) is 56.7 Å². The molecule has 0 spiro atoms. The van der Waals surface area contributed by atoms with Crippen LogP contribution in [0.2, 0.25) is 0 Å². The molecule has 3 heterocycles. The lowest BCUT2D eigenvalue weighted by atomic mass is 10.2. The van der Waals surface area contributed by atoms with Gasteiger partial charge in [0, 0.05) is 22.7 Å². The van der Waals surface area contributed by atoms with Crippen molar-refractivity contribution >= 4 is 23.4 Å². The predicted octanol–water partition coefficient (Wildman–Crippen LogP) is 5.11. The van der Waals surface area contributed by atoms with Gasteiger partial charge in [-0.3, -0.25) is 5.10 Å². The average Bonchev–Trinajstić information content (AvgIpc) is 3.32. The van der Waals surface area contributed by atoms with Crippen molar-refractivity contribution in [2.24, 2.45) is 0 Å². The number of H-pyrrole nitrogens is 1. The van der Waals surface area contributed by atoms with Crippen LogP contribution < -0.4 is 5.32 Å². The van der Waals surface area contributed by atoms with Gasteiger partial charge in [0.25, 0.3) is 0 Å². The number of furan rings is 1. The summed E-state index contributed by atoms with van der Waals surface area (Å²) in [6.45, 7) is 4.05. The van der Waals surface area contributed by atoms with Gasteiger partial charge in [-0.1, -0.05) is 17.7 Å². The van der Waals surface area contributed by atoms with Crippen LogP contribution >= 0.6 is 11.8 Å². The molecule has 0 fully saturated rings. The minimum Gasteiger partial charge on any atom is -0.463 e. The second-order valence-corrected chi connectivity index (χ2v) is 7.23. The molecule has 0 aliphatic heterocycles. The normalized spacial score (nSPS) is 10.9. The topological polar surface area (TPSA) is 79.6 Å². The maximum atomic E-state index is 5.38. The lowest BCUT2D eigenvalue weighted by Gasteiger charge is -2.07. The zero-order chi connectivity index (χ0) is 18.6. The van der Waals surface area contributed by atoms with Gasteiger partial charge in [-0.25, -0.2) is 9.97 Å². The van der Waals surface area contributed by atoms with Gasteiger partial charge in [-0.2, -0.15) is 5.10 Å². The molecule has 0 saturated carbocycles. The lowest BCUT2D eigenvalue weighted by molar-refractivity contribution is 0.580. The molecule has 4 aromatic rings. The van der Waals surface area contributed by atoms with Crippen LogP contribution in [0.4, 0.5) is 11.6 Å². The number of nitrogens with zero attached hydrogens (tertiary/aromatic N) is 3. The van der Waals surface area contributed by atoms with E-state index in [1.165, 1.54) is 10.5 Å². The van der Waals surface area contributed by atoms with Crippen LogP contribution in [0.5, 0.6) is 0 Å². The number of anilines is 2. The Balaban J connectivity index is 1.46. The molecule has 0 atom stereocenters. The fraction of sp³-hybridized carbons (Fsp3) is 0.150. The standard InChI is InChI=1S/C20H19N5OS/c1-13-5-7-15(8-6-13)27-12-20-21-14(2)10-18(23-20)22-19-11-16(24-25-19)17-4-3-9-26-17/h3-11H,12H2,1-2H3,(H2,21,22,23,24,25). The molecule has 0 bridgehead atoms. The molecule has 0 amide bonds. The van der Waals surface area contributed by atoms with Crippen LogP contribution in [0, 0.1) is 13.8 Å². The second kappa shape index (κ2) is 7.67. The summed E-state index contributed by atoms with van der Waals surface area (Å²) >= 11 is 1.72. The van der Waals surface area contributed by atoms with E-state index in [4.69, 9.17) is 4.42 Å². The van der Waals surface area contributed by atoms with Crippen molar-refractivity contribution in [3.63, 3.8) is 0 Å². The van der Waals surface area contributed by atoms with E-state index in [-0.39, 0.29) is 0 Å². The summed E-state index contributed by atoms with van der Waals surface area (Å²) in [4.78, 5) is 10.4. The second-order valence-electron chi connectivity index (χ2n) is 6.18. The maximum Gasteiger partial charge on any atom is 0.154 e. The number of rotatable bonds is 6. The Bertz CT molecular complexity index is 1020. The summed E-state index contributed by atoms with van der Waals surface area (Å²) in [7, 11) is 0. The maximum absolute atomic E-state index is 5.38. The SMILES string of the molecule is Cc1ccc(SCc2nc(C)cc(Nc3cc(-c4ccco4)[nH]n3)n2)cc1. The van der Waals surface area contributed by atoms with Gasteiger partial charge in [0.05, 0.1) is 12.0 Å². The third-order valence-electron chi connectivity index (χ3n) is 3.91. The van der Waals surface area contributed by atoms with E-state index in [1.807, 2.05) is 31.2 Å². The van der Waals surface area contributed by atoms with Crippen LogP contribution in [-0.2, 0) is 5.75 Å². The van der Waals surface area contributed by atoms with E-state index < -0.39 is 0 Å². The van der Waals surface area contributed by atoms with Gasteiger partial charge < -0.3 is 9.73 Å². The third-order valence-corrected chi connectivity index (χ3v) is 4.92. The number of hydrogen-bond acceptors (Lipinski definition) is 6. The number of aryl methyl sites for hydroxylation is 2. The Morgan fingerprint density at radius 3 is 2.67 bits per heavy atom. The number of thioether (sulfide) groups is 1. The summed E-state index contributed by atoms with van der Waals surface area (Å²) in [5.74, 6) is 3.63. The quantitative estimate of drug-likeness (QED) is 0.454. The molecule has 136 valence electrons. The van der Waals surface area contributed by atoms with Gasteiger partial charge >= 0.3 is 0 Å². The number of aromatic nitrogens is 4. The van der Waals surface area contributed by atoms with Crippen molar-refractivity contribution in [3.8, 4) is 11.5 Å². The van der Waals surface area contributed by atoms with E-state index in [9.17, 15) is 0 Å². The third kappa shape index (κ3) is 4.38. The van der Waals surface area contributed by atoms with E-state index in [0.717, 1.165) is 28.8 Å². The molecule has 27 heavy (non-hydrogen) atoms. The summed E-state index contributed by atoms with van der Waals surface area (Å²) < 4.78 is 5.38. The van der Waals surface area contributed by atoms with Crippen LogP contribution in [0.1, 0.15) is 17.1 Å². The van der Waals surface area contributed by atoms with E-state index in [0.29, 0.717) is 11.6 Å². The average molecular weight is 377 g/mol. The molecule has 0 saturated heterocycles. The lowest BCUT2D eigenvalue weighted by Crippen LogP contribution is -2.01. The number of nitrogens with one attached hydrogen (secondary N) is 2. The molecule has 2 N–H and O–H groups in total. The molecule has 6 nitrogen and oxygen atoms in total. The largest absolute Gasteiger partial charge is 0.463 e. The van der Waals surface area contributed by atoms with Gasteiger partial charge in [0.1, 0.15) is 17.3 Å². The fourth-order valence-corrected chi connectivity index (χ4v) is 3.37. The molecule has 0 aliphatic rings. The van der Waals surface area contributed by atoms with Crippen molar-refractivity contribution in [2.75, 3.05) is 5.32 Å². The first-order valence-electron chi connectivity index (χ1n) is 8.56. The molecule has 4 rings (SSSR count). The predicted molar refractivity (Wildman–Crippen MR) is 107 cm³/mol. The fourth-order valence-electron chi connectivity index (χ4n) is 2.62. The minimum absolute atomic E-state index is 0.677. The van der Waals surface area contributed by atoms with Gasteiger partial charge in [-0.15, -0.1) is 11.8 Å². The molecule has 3 aromatic heterocycles. The first-order valence-corrected chi connectivity index (χ1v) is 9.54. The van der Waals surface area contributed by atoms with Crippen LogP contribution in [0.25, 0.3) is 11.5 Å². The zero-order valence-electron chi connectivity index (χ0n) is 15.1. The first kappa shape index (κ1) is 17.4. The van der Waals surface area contributed by atoms with Crippen molar-refractivity contribution in [1.29, 1.82) is 0 Å². The highest BCUT2D eigenvalue weighted by molar-refractivity contribution is 7.98. The zero-order valence-corrected chi connectivity index (χ0v) is 15.9. The van der Waals surface area contributed by atoms with Crippen molar-refractivity contribution < 1.29 is 4.42 Å². The van der Waals surface area contributed by atoms with Crippen molar-refractivity contribution in [2.45, 2.75) is 24.5 Å². The molecular weight excluding hydrogens is 358 g/mol. The smallest absolute Gasteiger partial charge is 0.154 e. The Kier molecular flexibility index (Phi) is 4.93. The van der Waals surface area contributed by atoms with Crippen molar-refractivity contribution in [1.82, 2.24) is 20.2 Å². The minimum atomic E-state index is 0.677. The Morgan fingerprint density at radius 2 is 1.89 bits per heavy atom. The summed E-state index contributed by atoms with van der Waals surface area (Å²) in [6.07, 6.45) is 1.63. The van der Waals surface area contributed by atoms with Crippen molar-refractivity contribution in [3.05, 3.63) is 71.9 Å². The van der Waals surface area contributed by atoms with Crippen LogP contribution in [-0.4, -0.2) is 20.2 Å². The van der Waals surface area contributed by atoms with Gasteiger partial charge in [0.2, 0.25) is 0 Å². The number of aromatic amines is 1. The molecule has 0 radical (unpaired) electrons. The van der Waals surface area contributed by atoms with E-state index >= 15 is 0 Å². The van der Waals surface area contributed by atoms with Crippen LogP contribution in [0.15, 0.2) is 64.1 Å². The summed E-state index contributed by atoms with van der Waals surface area (Å²) in [6, 6.07) is 16.0. The highest BCUT2D eigenvalue weighted by Gasteiger charge is 2.08. The number of hydrogen-bond donors (Lipinski definition) is 2. The molecule has 7 heteroatoms. The highest BCUT2D eigenvalue weighted by Crippen LogP contribution is 2.24. The number of benzene rings is 1. The molecule has 0 aliphatic carbocycles. The molecular formula is C20H19N5OS. The Morgan fingerprint density at radius 1 is 1.04 bits per heavy atom. The highest BCUT2D eigenvalue weighted by atomic mass is 32.2. The summed E-state index contributed by atoms with van der Waals surface area (Å²) in [5.41, 5.74) is 2.97. The monoisotopic (exact) mass is 377 g/mol. The van der Waals surface area contributed by atoms with Crippen LogP contribution in [0.3, 0.4) is 0 Å². The Hall–Kier alpha value is -3.06. The van der Waals surface area contributed by atoms with E-state index in [1.54, 1.807) is 18.0 Å². The summed E-state index contributed by atoms with van der Waals surface area (Å²) in [5, 5.41) is 10.5. The first-order chi connectivity index (χ1) is 13.2. The van der Waals surface area contributed by atoms with Gasteiger partial charge in [0.15, 0.2) is 11.6 Å². The Labute approximate surface area is 161 Å². The molecule has 0 unspecified atom stereocenters.